The molecule has 2 N–H and O–H groups in total. The number of ether oxygens (including phenoxy) is 2. The maximum atomic E-state index is 12.4. The van der Waals surface area contributed by atoms with Crippen LogP contribution in [-0.2, 0) is 9.59 Å². The van der Waals surface area contributed by atoms with Crippen LogP contribution in [0.1, 0.15) is 23.7 Å². The molecule has 2 atom stereocenters. The molecular weight excluding hydrogens is 526 g/mol. The number of carbonyl (C=O) groups excluding carboxylic acids is 2. The van der Waals surface area contributed by atoms with Gasteiger partial charge in [-0.2, -0.15) is 15.1 Å². The highest BCUT2D eigenvalue weighted by molar-refractivity contribution is 5.87. The number of nitrogens with zero attached hydrogens (tertiary/aromatic N) is 7. The van der Waals surface area contributed by atoms with Gasteiger partial charge in [0.15, 0.2) is 11.9 Å². The van der Waals surface area contributed by atoms with Gasteiger partial charge in [0.2, 0.25) is 30.1 Å². The summed E-state index contributed by atoms with van der Waals surface area (Å²) in [6.45, 7) is 15.0. The van der Waals surface area contributed by atoms with Gasteiger partial charge in [-0.3, -0.25) is 14.7 Å². The number of aromatic amines is 1. The third-order valence-corrected chi connectivity index (χ3v) is 7.32. The summed E-state index contributed by atoms with van der Waals surface area (Å²) in [5, 5.41) is 11.3. The van der Waals surface area contributed by atoms with Crippen LogP contribution in [0.4, 0.5) is 11.8 Å². The van der Waals surface area contributed by atoms with Gasteiger partial charge in [-0.05, 0) is 24.6 Å². The molecule has 0 radical (unpaired) electrons. The Bertz CT molecular complexity index is 1510. The second kappa shape index (κ2) is 11.7. The number of nitrogens with one attached hydrogen (secondary N) is 2. The van der Waals surface area contributed by atoms with E-state index in [9.17, 15) is 9.59 Å². The van der Waals surface area contributed by atoms with Gasteiger partial charge < -0.3 is 34.3 Å². The number of benzene rings is 1. The minimum absolute atomic E-state index is 0.0241. The van der Waals surface area contributed by atoms with Crippen molar-refractivity contribution in [2.75, 3.05) is 63.6 Å². The Morgan fingerprint density at radius 2 is 2.15 bits per heavy atom. The average Bonchev–Trinajstić information content (AvgIpc) is 3.45. The van der Waals surface area contributed by atoms with E-state index in [-0.39, 0.29) is 43.3 Å². The molecule has 41 heavy (non-hydrogen) atoms. The Kier molecular flexibility index (Phi) is 7.91. The quantitative estimate of drug-likeness (QED) is 0.315. The van der Waals surface area contributed by atoms with Gasteiger partial charge in [0.05, 0.1) is 11.7 Å². The number of fused-ring (bicyclic) bond motifs is 2. The Morgan fingerprint density at radius 1 is 1.32 bits per heavy atom. The van der Waals surface area contributed by atoms with Crippen LogP contribution in [0.15, 0.2) is 31.0 Å². The first kappa shape index (κ1) is 27.7. The van der Waals surface area contributed by atoms with Crippen LogP contribution in [0.3, 0.4) is 0 Å². The van der Waals surface area contributed by atoms with E-state index in [1.165, 1.54) is 11.0 Å². The van der Waals surface area contributed by atoms with Gasteiger partial charge >= 0.3 is 0 Å². The molecule has 0 saturated carbocycles. The summed E-state index contributed by atoms with van der Waals surface area (Å²) in [4.78, 5) is 42.7. The van der Waals surface area contributed by atoms with Gasteiger partial charge in [0.25, 0.3) is 5.88 Å². The highest BCUT2D eigenvalue weighted by Gasteiger charge is 2.37. The Balaban J connectivity index is 1.48. The van der Waals surface area contributed by atoms with Crippen molar-refractivity contribution in [1.29, 1.82) is 0 Å². The predicted octanol–water partition coefficient (Wildman–Crippen LogP) is 2.19. The number of H-pyrrole nitrogens is 1. The van der Waals surface area contributed by atoms with Crippen LogP contribution in [-0.4, -0.2) is 101 Å². The third-order valence-electron chi connectivity index (χ3n) is 7.32. The molecule has 0 bridgehead atoms. The van der Waals surface area contributed by atoms with E-state index >= 15 is 0 Å². The lowest BCUT2D eigenvalue weighted by molar-refractivity contribution is -0.129. The number of piperazine rings is 1. The first-order chi connectivity index (χ1) is 19.8. The average molecular weight is 560 g/mol. The highest BCUT2D eigenvalue weighted by Crippen LogP contribution is 2.43. The minimum atomic E-state index is -0.438. The standard InChI is InChI=1S/C28H33N9O4/c1-6-22(38)37-12-11-36(15-18(37)13-29-3)26-25-27(33-28(32-26)30-10-9-23(39)35(4)5)41-21(16-40-25)24-17(2)7-8-20-19(24)14-31-34-20/h6-8,14,18,21H,1,9-13,15-16H2,2,4-5H3,(H,31,34)(H,30,32,33)/t18-,21?/m0/s1. The summed E-state index contributed by atoms with van der Waals surface area (Å²) in [6, 6.07) is 3.65. The van der Waals surface area contributed by atoms with Crippen molar-refractivity contribution in [3.63, 3.8) is 0 Å². The zero-order chi connectivity index (χ0) is 29.1. The van der Waals surface area contributed by atoms with Gasteiger partial charge in [0, 0.05) is 57.6 Å². The molecule has 3 aromatic rings. The van der Waals surface area contributed by atoms with Crippen molar-refractivity contribution in [1.82, 2.24) is 30.0 Å². The van der Waals surface area contributed by atoms with Crippen molar-refractivity contribution < 1.29 is 19.1 Å². The number of hydrogen-bond donors (Lipinski definition) is 2. The van der Waals surface area contributed by atoms with Crippen molar-refractivity contribution in [2.45, 2.75) is 25.5 Å². The molecular formula is C28H33N9O4. The summed E-state index contributed by atoms with van der Waals surface area (Å²) in [7, 11) is 3.42. The summed E-state index contributed by atoms with van der Waals surface area (Å²) in [5.74, 6) is 1.25. The van der Waals surface area contributed by atoms with Crippen LogP contribution in [0.2, 0.25) is 0 Å². The first-order valence-electron chi connectivity index (χ1n) is 13.4. The van der Waals surface area contributed by atoms with E-state index in [1.807, 2.05) is 24.0 Å². The zero-order valence-electron chi connectivity index (χ0n) is 23.4. The maximum Gasteiger partial charge on any atom is 0.265 e. The van der Waals surface area contributed by atoms with Crippen LogP contribution >= 0.6 is 0 Å². The van der Waals surface area contributed by atoms with Gasteiger partial charge in [0.1, 0.15) is 12.6 Å². The third kappa shape index (κ3) is 5.58. The summed E-state index contributed by atoms with van der Waals surface area (Å²) in [5.41, 5.74) is 2.90. The summed E-state index contributed by atoms with van der Waals surface area (Å²) < 4.78 is 12.8. The Hall–Kier alpha value is -4.86. The summed E-state index contributed by atoms with van der Waals surface area (Å²) in [6.07, 6.45) is 2.88. The molecule has 13 heteroatoms. The number of rotatable bonds is 8. The lowest BCUT2D eigenvalue weighted by atomic mass is 9.99. The molecule has 1 unspecified atom stereocenters. The van der Waals surface area contributed by atoms with Crippen LogP contribution < -0.4 is 19.7 Å². The highest BCUT2D eigenvalue weighted by atomic mass is 16.6. The number of aryl methyl sites for hydroxylation is 1. The molecule has 13 nitrogen and oxygen atoms in total. The topological polar surface area (TPSA) is 133 Å². The lowest BCUT2D eigenvalue weighted by Gasteiger charge is -2.40. The molecule has 0 aliphatic carbocycles. The normalized spacial score (nSPS) is 18.1. The van der Waals surface area contributed by atoms with Crippen molar-refractivity contribution >= 4 is 34.5 Å². The molecule has 1 saturated heterocycles. The fraction of sp³-hybridized carbons (Fsp3) is 0.429. The molecule has 2 aromatic heterocycles. The second-order valence-electron chi connectivity index (χ2n) is 10.2. The molecule has 2 aliphatic rings. The molecule has 1 fully saturated rings. The fourth-order valence-electron chi connectivity index (χ4n) is 5.19. The zero-order valence-corrected chi connectivity index (χ0v) is 23.4. The minimum Gasteiger partial charge on any atom is -0.481 e. The Morgan fingerprint density at radius 3 is 2.90 bits per heavy atom. The monoisotopic (exact) mass is 559 g/mol. The van der Waals surface area contributed by atoms with E-state index in [4.69, 9.17) is 21.0 Å². The van der Waals surface area contributed by atoms with Gasteiger partial charge in [-0.15, -0.1) is 0 Å². The number of hydrogen-bond acceptors (Lipinski definition) is 9. The van der Waals surface area contributed by atoms with Gasteiger partial charge in [-0.1, -0.05) is 12.6 Å². The predicted molar refractivity (Wildman–Crippen MR) is 153 cm³/mol. The van der Waals surface area contributed by atoms with Crippen LogP contribution in [0.5, 0.6) is 11.6 Å². The van der Waals surface area contributed by atoms with Crippen molar-refractivity contribution in [2.24, 2.45) is 0 Å². The molecule has 2 aliphatic heterocycles. The molecule has 5 rings (SSSR count). The summed E-state index contributed by atoms with van der Waals surface area (Å²) >= 11 is 0. The van der Waals surface area contributed by atoms with Crippen LogP contribution in [0.25, 0.3) is 15.7 Å². The smallest absolute Gasteiger partial charge is 0.265 e. The second-order valence-corrected chi connectivity index (χ2v) is 10.2. The fourth-order valence-corrected chi connectivity index (χ4v) is 5.19. The lowest BCUT2D eigenvalue weighted by Crippen LogP contribution is -2.56. The SMILES string of the molecule is [C-]#[N+]C[C@H]1CN(c2nc(NCCC(=O)N(C)C)nc3c2OCC(c2c(C)ccc4[nH]ncc24)O3)CCN1C(=O)C=C. The number of carbonyl (C=O) groups is 2. The van der Waals surface area contributed by atoms with E-state index in [0.717, 1.165) is 22.0 Å². The molecule has 0 spiro atoms. The van der Waals surface area contributed by atoms with E-state index in [1.54, 1.807) is 25.2 Å². The Labute approximate surface area is 237 Å². The number of amides is 2. The van der Waals surface area contributed by atoms with Gasteiger partial charge in [-0.25, -0.2) is 6.57 Å². The maximum absolute atomic E-state index is 12.4. The number of anilines is 2. The van der Waals surface area contributed by atoms with E-state index in [2.05, 4.69) is 31.9 Å². The first-order valence-corrected chi connectivity index (χ1v) is 13.4. The van der Waals surface area contributed by atoms with E-state index in [0.29, 0.717) is 43.7 Å². The largest absolute Gasteiger partial charge is 0.481 e. The molecule has 2 amide bonds. The van der Waals surface area contributed by atoms with Crippen molar-refractivity contribution in [3.05, 3.63) is 53.5 Å². The van der Waals surface area contributed by atoms with Crippen molar-refractivity contribution in [3.8, 4) is 11.6 Å². The molecule has 1 aromatic carbocycles. The van der Waals surface area contributed by atoms with E-state index < -0.39 is 6.10 Å². The molecule has 4 heterocycles. The number of aromatic nitrogens is 4. The van der Waals surface area contributed by atoms with Crippen LogP contribution in [0, 0.1) is 13.5 Å². The molecule has 214 valence electrons.